The average molecular weight is 800 g/mol. The van der Waals surface area contributed by atoms with Gasteiger partial charge in [0.2, 0.25) is 0 Å². The molecule has 0 radical (unpaired) electrons. The number of hydrogen-bond donors (Lipinski definition) is 0. The minimum atomic E-state index is -0.247. The van der Waals surface area contributed by atoms with Crippen LogP contribution in [0.4, 0.5) is 21.5 Å². The third kappa shape index (κ3) is 6.66. The van der Waals surface area contributed by atoms with Crippen LogP contribution in [0.25, 0.3) is 86.6 Å². The third-order valence-electron chi connectivity index (χ3n) is 11.7. The summed E-state index contributed by atoms with van der Waals surface area (Å²) in [5.41, 5.74) is 14.3. The van der Waals surface area contributed by atoms with Gasteiger partial charge < -0.3 is 4.90 Å². The Balaban J connectivity index is 1.18. The number of fused-ring (bicyclic) bond motifs is 4. The normalized spacial score (nSPS) is 11.4. The summed E-state index contributed by atoms with van der Waals surface area (Å²) in [6.45, 7) is 0. The average Bonchev–Trinajstić information content (AvgIpc) is 3.72. The lowest BCUT2D eigenvalue weighted by atomic mass is 9.90. The summed E-state index contributed by atoms with van der Waals surface area (Å²) in [4.78, 5) is 2.44. The van der Waals surface area contributed by atoms with Gasteiger partial charge in [-0.05, 0) is 104 Å². The van der Waals surface area contributed by atoms with E-state index in [4.69, 9.17) is 0 Å². The molecular weight excluding hydrogens is 762 g/mol. The Morgan fingerprint density at radius 3 is 1.74 bits per heavy atom. The molecule has 0 unspecified atom stereocenters. The van der Waals surface area contributed by atoms with Crippen molar-refractivity contribution in [1.29, 1.82) is 0 Å². The van der Waals surface area contributed by atoms with E-state index in [0.717, 1.165) is 72.3 Å². The first-order valence-electron chi connectivity index (χ1n) is 20.6. The van der Waals surface area contributed by atoms with Gasteiger partial charge in [-0.1, -0.05) is 182 Å². The zero-order chi connectivity index (χ0) is 40.7. The molecule has 0 N–H and O–H groups in total. The lowest BCUT2D eigenvalue weighted by Gasteiger charge is -2.31. The second-order valence-corrected chi connectivity index (χ2v) is 16.4. The summed E-state index contributed by atoms with van der Waals surface area (Å²) in [7, 11) is 0. The lowest BCUT2D eigenvalue weighted by molar-refractivity contribution is 0.628. The molecule has 0 atom stereocenters. The van der Waals surface area contributed by atoms with E-state index in [1.807, 2.05) is 23.5 Å². The molecule has 11 aromatic rings. The molecule has 11 rings (SSSR count). The van der Waals surface area contributed by atoms with Gasteiger partial charge in [-0.2, -0.15) is 0 Å². The monoisotopic (exact) mass is 799 g/mol. The van der Waals surface area contributed by atoms with Crippen molar-refractivity contribution in [1.82, 2.24) is 0 Å². The Morgan fingerprint density at radius 1 is 0.344 bits per heavy atom. The zero-order valence-electron chi connectivity index (χ0n) is 33.2. The number of thiophene rings is 1. The molecule has 0 amide bonds. The minimum absolute atomic E-state index is 0.247. The van der Waals surface area contributed by atoms with Crippen LogP contribution in [0.2, 0.25) is 0 Å². The molecule has 61 heavy (non-hydrogen) atoms. The van der Waals surface area contributed by atoms with Gasteiger partial charge in [0.15, 0.2) is 0 Å². The van der Waals surface area contributed by atoms with Gasteiger partial charge in [0.25, 0.3) is 0 Å². The standard InChI is InChI=1S/C58H38FNS/c59-45-34-31-41(32-35-45)47-25-12-19-42-20-13-27-51(57(42)47)49-23-7-9-29-54(49)60(55-36-33-43(39-15-3-1-4-16-39)38-53(55)40-17-5-2-6-18-40)46-22-11-21-44(37-46)48-26-14-28-52-50-24-8-10-30-56(50)61-58(48)52/h1-38H. The molecule has 0 bridgehead atoms. The van der Waals surface area contributed by atoms with E-state index in [2.05, 4.69) is 211 Å². The highest BCUT2D eigenvalue weighted by atomic mass is 32.1. The van der Waals surface area contributed by atoms with E-state index in [-0.39, 0.29) is 5.82 Å². The highest BCUT2D eigenvalue weighted by molar-refractivity contribution is 7.26. The quantitative estimate of drug-likeness (QED) is 0.148. The van der Waals surface area contributed by atoms with Crippen LogP contribution in [0.3, 0.4) is 0 Å². The highest BCUT2D eigenvalue weighted by Gasteiger charge is 2.23. The lowest BCUT2D eigenvalue weighted by Crippen LogP contribution is -2.13. The maximum atomic E-state index is 14.3. The first-order chi connectivity index (χ1) is 30.2. The fourth-order valence-electron chi connectivity index (χ4n) is 8.92. The van der Waals surface area contributed by atoms with Crippen LogP contribution in [-0.2, 0) is 0 Å². The summed E-state index contributed by atoms with van der Waals surface area (Å²) in [5.74, 6) is -0.247. The van der Waals surface area contributed by atoms with Gasteiger partial charge in [0.05, 0.1) is 11.4 Å². The molecule has 1 heterocycles. The number of hydrogen-bond acceptors (Lipinski definition) is 2. The fourth-order valence-corrected chi connectivity index (χ4v) is 10.2. The summed E-state index contributed by atoms with van der Waals surface area (Å²) in [6.07, 6.45) is 0. The Bertz CT molecular complexity index is 3360. The molecule has 1 nitrogen and oxygen atoms in total. The molecule has 0 saturated carbocycles. The van der Waals surface area contributed by atoms with Gasteiger partial charge in [0, 0.05) is 37.0 Å². The fraction of sp³-hybridized carbons (Fsp3) is 0. The van der Waals surface area contributed by atoms with Crippen LogP contribution in [-0.4, -0.2) is 0 Å². The van der Waals surface area contributed by atoms with Crippen molar-refractivity contribution >= 4 is 59.3 Å². The predicted molar refractivity (Wildman–Crippen MR) is 259 cm³/mol. The first kappa shape index (κ1) is 36.5. The van der Waals surface area contributed by atoms with E-state index in [1.54, 1.807) is 12.1 Å². The maximum absolute atomic E-state index is 14.3. The molecule has 0 aliphatic heterocycles. The number of anilines is 3. The molecule has 288 valence electrons. The van der Waals surface area contributed by atoms with Crippen LogP contribution >= 0.6 is 11.3 Å². The first-order valence-corrected chi connectivity index (χ1v) is 21.4. The number of nitrogens with zero attached hydrogens (tertiary/aromatic N) is 1. The van der Waals surface area contributed by atoms with E-state index in [0.29, 0.717) is 0 Å². The Morgan fingerprint density at radius 2 is 0.918 bits per heavy atom. The van der Waals surface area contributed by atoms with E-state index >= 15 is 0 Å². The van der Waals surface area contributed by atoms with Gasteiger partial charge in [0.1, 0.15) is 5.82 Å². The van der Waals surface area contributed by atoms with Crippen molar-refractivity contribution in [2.24, 2.45) is 0 Å². The zero-order valence-corrected chi connectivity index (χ0v) is 34.0. The molecule has 0 spiro atoms. The molecule has 0 fully saturated rings. The molecule has 1 aromatic heterocycles. The maximum Gasteiger partial charge on any atom is 0.123 e. The molecule has 0 aliphatic carbocycles. The van der Waals surface area contributed by atoms with Crippen LogP contribution in [0.5, 0.6) is 0 Å². The molecule has 0 aliphatic rings. The Hall–Kier alpha value is -7.59. The number of benzene rings is 10. The van der Waals surface area contributed by atoms with Crippen molar-refractivity contribution in [3.8, 4) is 55.6 Å². The SMILES string of the molecule is Fc1ccc(-c2cccc3cccc(-c4ccccc4N(c4cccc(-c5cccc6c5sc5ccccc56)c4)c4ccc(-c5ccccc5)cc4-c4ccccc4)c23)cc1. The van der Waals surface area contributed by atoms with Crippen molar-refractivity contribution in [3.05, 3.63) is 236 Å². The largest absolute Gasteiger partial charge is 0.309 e. The third-order valence-corrected chi connectivity index (χ3v) is 13.0. The molecule has 10 aromatic carbocycles. The van der Waals surface area contributed by atoms with E-state index in [1.165, 1.54) is 31.3 Å². The van der Waals surface area contributed by atoms with Crippen molar-refractivity contribution in [3.63, 3.8) is 0 Å². The Kier molecular flexibility index (Phi) is 9.30. The summed E-state index contributed by atoms with van der Waals surface area (Å²) in [6, 6.07) is 81.1. The number of para-hydroxylation sites is 1. The van der Waals surface area contributed by atoms with Gasteiger partial charge in [-0.3, -0.25) is 0 Å². The van der Waals surface area contributed by atoms with Crippen LogP contribution < -0.4 is 4.90 Å². The molecule has 3 heteroatoms. The van der Waals surface area contributed by atoms with Crippen molar-refractivity contribution in [2.75, 3.05) is 4.90 Å². The second kappa shape index (κ2) is 15.5. The van der Waals surface area contributed by atoms with Crippen LogP contribution in [0.1, 0.15) is 0 Å². The second-order valence-electron chi connectivity index (χ2n) is 15.4. The van der Waals surface area contributed by atoms with E-state index < -0.39 is 0 Å². The highest BCUT2D eigenvalue weighted by Crippen LogP contribution is 2.49. The molecular formula is C58H38FNS. The Labute approximate surface area is 358 Å². The van der Waals surface area contributed by atoms with E-state index in [9.17, 15) is 4.39 Å². The van der Waals surface area contributed by atoms with Crippen molar-refractivity contribution < 1.29 is 4.39 Å². The topological polar surface area (TPSA) is 3.24 Å². The minimum Gasteiger partial charge on any atom is -0.309 e. The smallest absolute Gasteiger partial charge is 0.123 e. The summed E-state index contributed by atoms with van der Waals surface area (Å²) >= 11 is 1.86. The van der Waals surface area contributed by atoms with Gasteiger partial charge in [-0.15, -0.1) is 11.3 Å². The number of rotatable bonds is 8. The van der Waals surface area contributed by atoms with Gasteiger partial charge >= 0.3 is 0 Å². The summed E-state index contributed by atoms with van der Waals surface area (Å²) < 4.78 is 16.8. The van der Waals surface area contributed by atoms with Crippen LogP contribution in [0.15, 0.2) is 231 Å². The predicted octanol–water partition coefficient (Wildman–Crippen LogP) is 17.2. The molecule has 0 saturated heterocycles. The number of halogens is 1. The van der Waals surface area contributed by atoms with Crippen LogP contribution in [0, 0.1) is 5.82 Å². The van der Waals surface area contributed by atoms with Crippen molar-refractivity contribution in [2.45, 2.75) is 0 Å². The van der Waals surface area contributed by atoms with Gasteiger partial charge in [-0.25, -0.2) is 4.39 Å². The summed E-state index contributed by atoms with van der Waals surface area (Å²) in [5, 5.41) is 4.81.